The lowest BCUT2D eigenvalue weighted by atomic mass is 10.0. The molecule has 134 valence electrons. The molecule has 0 saturated carbocycles. The highest BCUT2D eigenvalue weighted by molar-refractivity contribution is 7.92. The minimum absolute atomic E-state index is 0.0858. The molecule has 0 saturated heterocycles. The Morgan fingerprint density at radius 2 is 1.88 bits per heavy atom. The fourth-order valence-corrected chi connectivity index (χ4v) is 4.60. The molecule has 0 spiro atoms. The van der Waals surface area contributed by atoms with Crippen molar-refractivity contribution in [3.05, 3.63) is 28.3 Å². The third-order valence-electron chi connectivity index (χ3n) is 3.70. The molecule has 0 atom stereocenters. The van der Waals surface area contributed by atoms with E-state index >= 15 is 0 Å². The van der Waals surface area contributed by atoms with Crippen molar-refractivity contribution in [1.29, 1.82) is 0 Å². The van der Waals surface area contributed by atoms with Crippen molar-refractivity contribution in [3.63, 3.8) is 0 Å². The van der Waals surface area contributed by atoms with Gasteiger partial charge in [-0.2, -0.15) is 0 Å². The molecule has 1 amide bonds. The largest absolute Gasteiger partial charge is 0.444 e. The van der Waals surface area contributed by atoms with Crippen molar-refractivity contribution in [2.75, 3.05) is 18.3 Å². The van der Waals surface area contributed by atoms with E-state index in [0.29, 0.717) is 31.5 Å². The second-order valence-electron chi connectivity index (χ2n) is 6.71. The summed E-state index contributed by atoms with van der Waals surface area (Å²) >= 11 is 11.7. The van der Waals surface area contributed by atoms with Crippen LogP contribution in [0.5, 0.6) is 0 Å². The monoisotopic (exact) mass is 393 g/mol. The van der Waals surface area contributed by atoms with Gasteiger partial charge in [-0.1, -0.05) is 17.7 Å². The maximum atomic E-state index is 12.3. The fraction of sp³-hybridized carbons (Fsp3) is 0.562. The summed E-state index contributed by atoms with van der Waals surface area (Å²) < 4.78 is 30.0. The minimum atomic E-state index is -3.65. The first-order chi connectivity index (χ1) is 11.0. The van der Waals surface area contributed by atoms with E-state index in [4.69, 9.17) is 27.9 Å². The summed E-state index contributed by atoms with van der Waals surface area (Å²) in [7, 11) is -3.65. The zero-order valence-electron chi connectivity index (χ0n) is 13.9. The van der Waals surface area contributed by atoms with Gasteiger partial charge in [0.1, 0.15) is 10.8 Å². The van der Waals surface area contributed by atoms with Crippen LogP contribution in [0.2, 0.25) is 5.02 Å². The summed E-state index contributed by atoms with van der Waals surface area (Å²) in [4.78, 5) is 13.9. The molecule has 5 nitrogen and oxygen atoms in total. The van der Waals surface area contributed by atoms with Crippen LogP contribution < -0.4 is 0 Å². The third-order valence-corrected chi connectivity index (χ3v) is 6.36. The van der Waals surface area contributed by atoms with E-state index in [-0.39, 0.29) is 9.92 Å². The number of alkyl halides is 1. The molecule has 0 unspecified atom stereocenters. The SMILES string of the molecule is CC(C)(C)OC(=O)N1CCc2ccc(Cl)c(S(=O)(=O)CCl)c2CC1. The quantitative estimate of drug-likeness (QED) is 0.719. The molecule has 0 N–H and O–H groups in total. The smallest absolute Gasteiger partial charge is 0.410 e. The number of carbonyl (C=O) groups is 1. The van der Waals surface area contributed by atoms with Crippen LogP contribution in [0.15, 0.2) is 17.0 Å². The molecule has 24 heavy (non-hydrogen) atoms. The van der Waals surface area contributed by atoms with Gasteiger partial charge in [0, 0.05) is 13.1 Å². The number of halogens is 2. The molecule has 1 aliphatic rings. The van der Waals surface area contributed by atoms with E-state index in [1.807, 2.05) is 26.8 Å². The predicted octanol–water partition coefficient (Wildman–Crippen LogP) is 3.65. The van der Waals surface area contributed by atoms with Crippen LogP contribution in [-0.4, -0.2) is 43.3 Å². The molecule has 0 aromatic heterocycles. The number of amides is 1. The van der Waals surface area contributed by atoms with Crippen LogP contribution in [0.3, 0.4) is 0 Å². The Hall–Kier alpha value is -0.980. The zero-order valence-corrected chi connectivity index (χ0v) is 16.3. The molecule has 2 rings (SSSR count). The lowest BCUT2D eigenvalue weighted by Crippen LogP contribution is -2.38. The number of carbonyl (C=O) groups excluding carboxylic acids is 1. The molecule has 1 aromatic carbocycles. The zero-order chi connectivity index (χ0) is 18.1. The molecule has 0 bridgehead atoms. The van der Waals surface area contributed by atoms with E-state index in [9.17, 15) is 13.2 Å². The Morgan fingerprint density at radius 1 is 1.25 bits per heavy atom. The molecular formula is C16H21Cl2NO4S. The van der Waals surface area contributed by atoms with Gasteiger partial charge in [-0.25, -0.2) is 13.2 Å². The van der Waals surface area contributed by atoms with Crippen LogP contribution in [0.1, 0.15) is 31.9 Å². The van der Waals surface area contributed by atoms with Gasteiger partial charge >= 0.3 is 6.09 Å². The first kappa shape index (κ1) is 19.3. The number of hydrogen-bond acceptors (Lipinski definition) is 4. The fourth-order valence-electron chi connectivity index (χ4n) is 2.66. The number of fused-ring (bicyclic) bond motifs is 1. The Balaban J connectivity index is 2.32. The van der Waals surface area contributed by atoms with Gasteiger partial charge in [0.25, 0.3) is 0 Å². The number of rotatable bonds is 2. The molecule has 0 aliphatic carbocycles. The highest BCUT2D eigenvalue weighted by atomic mass is 35.5. The summed E-state index contributed by atoms with van der Waals surface area (Å²) in [5.41, 5.74) is 0.940. The number of nitrogens with zero attached hydrogens (tertiary/aromatic N) is 1. The van der Waals surface area contributed by atoms with Crippen molar-refractivity contribution < 1.29 is 17.9 Å². The van der Waals surface area contributed by atoms with Gasteiger partial charge in [0.2, 0.25) is 0 Å². The van der Waals surface area contributed by atoms with Gasteiger partial charge in [0.05, 0.1) is 9.92 Å². The number of benzene rings is 1. The summed E-state index contributed by atoms with van der Waals surface area (Å²) in [6.07, 6.45) is 0.528. The summed E-state index contributed by atoms with van der Waals surface area (Å²) in [5, 5.41) is -0.362. The first-order valence-corrected chi connectivity index (χ1v) is 10.2. The molecule has 1 heterocycles. The van der Waals surface area contributed by atoms with Crippen molar-refractivity contribution in [2.24, 2.45) is 0 Å². The molecule has 0 fully saturated rings. The number of sulfone groups is 1. The normalized spacial score (nSPS) is 15.6. The van der Waals surface area contributed by atoms with Crippen molar-refractivity contribution >= 4 is 39.1 Å². The Bertz CT molecular complexity index is 741. The summed E-state index contributed by atoms with van der Waals surface area (Å²) in [6.45, 7) is 6.25. The molecule has 1 aliphatic heterocycles. The van der Waals surface area contributed by atoms with Gasteiger partial charge in [-0.15, -0.1) is 11.6 Å². The van der Waals surface area contributed by atoms with E-state index in [1.54, 1.807) is 11.0 Å². The highest BCUT2D eigenvalue weighted by Gasteiger charge is 2.28. The third kappa shape index (κ3) is 4.35. The average molecular weight is 394 g/mol. The van der Waals surface area contributed by atoms with E-state index in [0.717, 1.165) is 5.56 Å². The van der Waals surface area contributed by atoms with E-state index < -0.39 is 26.7 Å². The van der Waals surface area contributed by atoms with Crippen molar-refractivity contribution in [1.82, 2.24) is 4.90 Å². The van der Waals surface area contributed by atoms with E-state index in [2.05, 4.69) is 0 Å². The Kier molecular flexibility index (Phi) is 5.72. The maximum absolute atomic E-state index is 12.3. The van der Waals surface area contributed by atoms with Crippen LogP contribution >= 0.6 is 23.2 Å². The predicted molar refractivity (Wildman–Crippen MR) is 94.6 cm³/mol. The van der Waals surface area contributed by atoms with Crippen molar-refractivity contribution in [3.8, 4) is 0 Å². The van der Waals surface area contributed by atoms with E-state index in [1.165, 1.54) is 0 Å². The minimum Gasteiger partial charge on any atom is -0.444 e. The summed E-state index contributed by atoms with van der Waals surface area (Å²) in [5.74, 6) is 0. The molecular weight excluding hydrogens is 373 g/mol. The van der Waals surface area contributed by atoms with Crippen LogP contribution in [0, 0.1) is 0 Å². The number of ether oxygens (including phenoxy) is 1. The van der Waals surface area contributed by atoms with Crippen LogP contribution in [0.4, 0.5) is 4.79 Å². The topological polar surface area (TPSA) is 63.7 Å². The molecule has 0 radical (unpaired) electrons. The van der Waals surface area contributed by atoms with Crippen LogP contribution in [-0.2, 0) is 27.4 Å². The Labute approximate surface area is 152 Å². The maximum Gasteiger partial charge on any atom is 0.410 e. The Morgan fingerprint density at radius 3 is 2.46 bits per heavy atom. The second kappa shape index (κ2) is 7.10. The van der Waals surface area contributed by atoms with Gasteiger partial charge < -0.3 is 9.64 Å². The van der Waals surface area contributed by atoms with Crippen LogP contribution in [0.25, 0.3) is 0 Å². The van der Waals surface area contributed by atoms with Crippen molar-refractivity contribution in [2.45, 2.75) is 44.1 Å². The summed E-state index contributed by atoms with van der Waals surface area (Å²) in [6, 6.07) is 3.38. The lowest BCUT2D eigenvalue weighted by Gasteiger charge is -2.26. The molecule has 1 aromatic rings. The standard InChI is InChI=1S/C16H21Cl2NO4S/c1-16(2,3)23-15(20)19-8-6-11-4-5-13(18)14(12(11)7-9-19)24(21,22)10-17/h4-5H,6-10H2,1-3H3. The second-order valence-corrected chi connectivity index (χ2v) is 9.62. The first-order valence-electron chi connectivity index (χ1n) is 7.62. The number of hydrogen-bond donors (Lipinski definition) is 0. The van der Waals surface area contributed by atoms with Gasteiger partial charge in [0.15, 0.2) is 9.84 Å². The molecule has 8 heteroatoms. The highest BCUT2D eigenvalue weighted by Crippen LogP contribution is 2.32. The van der Waals surface area contributed by atoms with Gasteiger partial charge in [-0.05, 0) is 50.8 Å². The van der Waals surface area contributed by atoms with Gasteiger partial charge in [-0.3, -0.25) is 0 Å². The average Bonchev–Trinajstić information content (AvgIpc) is 2.67. The lowest BCUT2D eigenvalue weighted by molar-refractivity contribution is 0.0258.